The maximum absolute atomic E-state index is 12.9. The van der Waals surface area contributed by atoms with E-state index in [4.69, 9.17) is 4.42 Å². The largest absolute Gasteiger partial charge is 0.420 e. The predicted octanol–water partition coefficient (Wildman–Crippen LogP) is 2.39. The fourth-order valence-electron chi connectivity index (χ4n) is 2.81. The van der Waals surface area contributed by atoms with Crippen LogP contribution in [-0.2, 0) is 9.59 Å². The Hall–Kier alpha value is -3.42. The summed E-state index contributed by atoms with van der Waals surface area (Å²) in [4.78, 5) is 38.1. The Morgan fingerprint density at radius 2 is 1.85 bits per heavy atom. The van der Waals surface area contributed by atoms with Gasteiger partial charge in [0.25, 0.3) is 0 Å². The number of fused-ring (bicyclic) bond motifs is 1. The molecular weight excluding hydrogens is 353 g/mol. The van der Waals surface area contributed by atoms with Crippen LogP contribution in [0.25, 0.3) is 11.1 Å². The van der Waals surface area contributed by atoms with Gasteiger partial charge in [-0.05, 0) is 43.3 Å². The van der Waals surface area contributed by atoms with Gasteiger partial charge in [-0.2, -0.15) is 0 Å². The van der Waals surface area contributed by atoms with E-state index in [-0.39, 0.29) is 6.54 Å². The predicted molar refractivity (Wildman–Crippen MR) is 97.9 cm³/mol. The summed E-state index contributed by atoms with van der Waals surface area (Å²) in [6, 6.07) is 11.3. The lowest BCUT2D eigenvalue weighted by Gasteiger charge is -2.21. The molecule has 1 aromatic heterocycles. The van der Waals surface area contributed by atoms with Gasteiger partial charge in [0.2, 0.25) is 11.8 Å². The number of likely N-dealkylation sites (N-methyl/N-ethyl adjacent to an activating group) is 1. The second kappa shape index (κ2) is 7.45. The van der Waals surface area contributed by atoms with Gasteiger partial charge >= 0.3 is 5.76 Å². The van der Waals surface area contributed by atoms with Crippen LogP contribution in [0.5, 0.6) is 0 Å². The summed E-state index contributed by atoms with van der Waals surface area (Å²) in [6.07, 6.45) is 0. The molecule has 0 fully saturated rings. The molecule has 2 amide bonds. The fraction of sp³-hybridized carbons (Fsp3) is 0.211. The van der Waals surface area contributed by atoms with Crippen LogP contribution >= 0.6 is 0 Å². The lowest BCUT2D eigenvalue weighted by atomic mass is 10.2. The van der Waals surface area contributed by atoms with Crippen LogP contribution in [0.4, 0.5) is 10.1 Å². The van der Waals surface area contributed by atoms with Crippen molar-refractivity contribution in [1.82, 2.24) is 9.47 Å². The summed E-state index contributed by atoms with van der Waals surface area (Å²) in [7, 11) is 1.47. The monoisotopic (exact) mass is 371 g/mol. The number of hydrogen-bond donors (Lipinski definition) is 1. The number of oxazole rings is 1. The van der Waals surface area contributed by atoms with Crippen molar-refractivity contribution >= 4 is 28.6 Å². The van der Waals surface area contributed by atoms with E-state index in [0.29, 0.717) is 16.8 Å². The van der Waals surface area contributed by atoms with E-state index in [2.05, 4.69) is 5.32 Å². The Labute approximate surface area is 154 Å². The van der Waals surface area contributed by atoms with Gasteiger partial charge in [-0.3, -0.25) is 14.2 Å². The van der Waals surface area contributed by atoms with Gasteiger partial charge in [-0.15, -0.1) is 0 Å². The smallest absolute Gasteiger partial charge is 0.408 e. The minimum Gasteiger partial charge on any atom is -0.408 e. The number of benzene rings is 2. The number of carbonyl (C=O) groups excluding carboxylic acids is 2. The quantitative estimate of drug-likeness (QED) is 0.746. The normalized spacial score (nSPS) is 12.0. The number of nitrogens with one attached hydrogen (secondary N) is 1. The molecule has 3 aromatic rings. The molecule has 1 heterocycles. The number of carbonyl (C=O) groups is 2. The van der Waals surface area contributed by atoms with E-state index in [1.807, 2.05) is 0 Å². The van der Waals surface area contributed by atoms with Crippen molar-refractivity contribution in [3.63, 3.8) is 0 Å². The number of nitrogens with zero attached hydrogens (tertiary/aromatic N) is 2. The molecule has 0 bridgehead atoms. The van der Waals surface area contributed by atoms with Crippen molar-refractivity contribution in [3.8, 4) is 0 Å². The van der Waals surface area contributed by atoms with E-state index in [1.165, 1.54) is 40.8 Å². The summed E-state index contributed by atoms with van der Waals surface area (Å²) >= 11 is 0. The van der Waals surface area contributed by atoms with E-state index in [9.17, 15) is 18.8 Å². The molecule has 0 aliphatic carbocycles. The first-order chi connectivity index (χ1) is 12.9. The van der Waals surface area contributed by atoms with Crippen molar-refractivity contribution in [3.05, 3.63) is 64.9 Å². The molecule has 7 nitrogen and oxygen atoms in total. The Kier molecular flexibility index (Phi) is 5.07. The van der Waals surface area contributed by atoms with Crippen molar-refractivity contribution in [2.45, 2.75) is 13.0 Å². The molecule has 27 heavy (non-hydrogen) atoms. The van der Waals surface area contributed by atoms with Crippen molar-refractivity contribution in [2.75, 3.05) is 18.9 Å². The Morgan fingerprint density at radius 3 is 2.56 bits per heavy atom. The lowest BCUT2D eigenvalue weighted by molar-refractivity contribution is -0.135. The molecule has 140 valence electrons. The first-order valence-corrected chi connectivity index (χ1v) is 8.27. The number of amides is 2. The molecule has 1 N–H and O–H groups in total. The van der Waals surface area contributed by atoms with E-state index < -0.39 is 29.4 Å². The second-order valence-corrected chi connectivity index (χ2v) is 6.13. The van der Waals surface area contributed by atoms with E-state index >= 15 is 0 Å². The van der Waals surface area contributed by atoms with Gasteiger partial charge in [0, 0.05) is 12.7 Å². The van der Waals surface area contributed by atoms with Gasteiger partial charge < -0.3 is 14.6 Å². The highest BCUT2D eigenvalue weighted by atomic mass is 19.1. The topological polar surface area (TPSA) is 84.5 Å². The number of para-hydroxylation sites is 2. The highest BCUT2D eigenvalue weighted by Gasteiger charge is 2.25. The Balaban J connectivity index is 1.70. The van der Waals surface area contributed by atoms with Crippen LogP contribution in [0.2, 0.25) is 0 Å². The molecule has 1 unspecified atom stereocenters. The lowest BCUT2D eigenvalue weighted by Crippen LogP contribution is -2.40. The molecule has 0 aliphatic heterocycles. The molecule has 3 rings (SSSR count). The minimum atomic E-state index is -0.843. The summed E-state index contributed by atoms with van der Waals surface area (Å²) in [5.74, 6) is -1.90. The highest BCUT2D eigenvalue weighted by Crippen LogP contribution is 2.18. The summed E-state index contributed by atoms with van der Waals surface area (Å²) in [6.45, 7) is 1.35. The van der Waals surface area contributed by atoms with Crippen LogP contribution in [0.3, 0.4) is 0 Å². The molecule has 0 aliphatic rings. The third-order valence-electron chi connectivity index (χ3n) is 4.15. The first kappa shape index (κ1) is 18.4. The standard InChI is InChI=1S/C19H18FN3O4/c1-12(23-15-5-3-4-6-16(15)27-19(23)26)18(25)22(2)11-17(24)21-14-9-7-13(20)8-10-14/h3-10,12H,11H2,1-2H3,(H,21,24). The molecule has 0 radical (unpaired) electrons. The molecule has 8 heteroatoms. The number of halogens is 1. The molecule has 0 saturated heterocycles. The van der Waals surface area contributed by atoms with Gasteiger partial charge in [0.1, 0.15) is 11.9 Å². The zero-order valence-electron chi connectivity index (χ0n) is 14.8. The van der Waals surface area contributed by atoms with E-state index in [1.54, 1.807) is 31.2 Å². The summed E-state index contributed by atoms with van der Waals surface area (Å²) in [5, 5.41) is 2.58. The van der Waals surface area contributed by atoms with E-state index in [0.717, 1.165) is 0 Å². The van der Waals surface area contributed by atoms with Crippen LogP contribution in [0.15, 0.2) is 57.7 Å². The SMILES string of the molecule is CC(C(=O)N(C)CC(=O)Nc1ccc(F)cc1)n1c(=O)oc2ccccc21. The fourth-order valence-corrected chi connectivity index (χ4v) is 2.81. The van der Waals surface area contributed by atoms with Crippen molar-refractivity contribution in [1.29, 1.82) is 0 Å². The zero-order valence-corrected chi connectivity index (χ0v) is 14.8. The maximum atomic E-state index is 12.9. The van der Waals surface area contributed by atoms with Crippen LogP contribution in [0.1, 0.15) is 13.0 Å². The summed E-state index contributed by atoms with van der Waals surface area (Å²) < 4.78 is 19.3. The van der Waals surface area contributed by atoms with Gasteiger partial charge in [-0.25, -0.2) is 9.18 Å². The van der Waals surface area contributed by atoms with Gasteiger partial charge in [0.15, 0.2) is 5.58 Å². The van der Waals surface area contributed by atoms with Crippen LogP contribution < -0.4 is 11.1 Å². The number of anilines is 1. The second-order valence-electron chi connectivity index (χ2n) is 6.13. The molecule has 1 atom stereocenters. The van der Waals surface area contributed by atoms with Gasteiger partial charge in [0.05, 0.1) is 12.1 Å². The molecule has 0 spiro atoms. The molecular formula is C19H18FN3O4. The average molecular weight is 371 g/mol. The first-order valence-electron chi connectivity index (χ1n) is 8.27. The molecule has 0 saturated carbocycles. The highest BCUT2D eigenvalue weighted by molar-refractivity contribution is 5.95. The van der Waals surface area contributed by atoms with Crippen LogP contribution in [-0.4, -0.2) is 34.9 Å². The van der Waals surface area contributed by atoms with Crippen molar-refractivity contribution in [2.24, 2.45) is 0 Å². The Morgan fingerprint density at radius 1 is 1.19 bits per heavy atom. The average Bonchev–Trinajstić information content (AvgIpc) is 2.98. The van der Waals surface area contributed by atoms with Gasteiger partial charge in [-0.1, -0.05) is 12.1 Å². The minimum absolute atomic E-state index is 0.217. The maximum Gasteiger partial charge on any atom is 0.420 e. The van der Waals surface area contributed by atoms with Crippen molar-refractivity contribution < 1.29 is 18.4 Å². The number of aromatic nitrogens is 1. The number of rotatable bonds is 5. The third-order valence-corrected chi connectivity index (χ3v) is 4.15. The molecule has 2 aromatic carbocycles. The number of hydrogen-bond acceptors (Lipinski definition) is 4. The zero-order chi connectivity index (χ0) is 19.6. The summed E-state index contributed by atoms with van der Waals surface area (Å²) in [5.41, 5.74) is 1.32. The third kappa shape index (κ3) is 3.89. The van der Waals surface area contributed by atoms with Crippen LogP contribution in [0, 0.1) is 5.82 Å². The Bertz CT molecular complexity index is 1040.